The summed E-state index contributed by atoms with van der Waals surface area (Å²) in [5, 5.41) is 12.7. The first kappa shape index (κ1) is 15.9. The first-order valence-corrected chi connectivity index (χ1v) is 6.46. The smallest absolute Gasteiger partial charge is 0.125 e. The molecule has 1 aromatic rings. The zero-order valence-corrected chi connectivity index (χ0v) is 11.5. The molecule has 0 radical (unpaired) electrons. The largest absolute Gasteiger partial charge is 0.389 e. The van der Waals surface area contributed by atoms with Gasteiger partial charge in [-0.3, -0.25) is 0 Å². The summed E-state index contributed by atoms with van der Waals surface area (Å²) in [5.74, 6) is -0.287. The van der Waals surface area contributed by atoms with Gasteiger partial charge in [0.1, 0.15) is 5.82 Å². The molecule has 19 heavy (non-hydrogen) atoms. The van der Waals surface area contributed by atoms with E-state index in [0.29, 0.717) is 32.1 Å². The standard InChI is InChI=1S/C14H22FNO3/c1-3-18-4-5-19-10-14(17)9-16-13-7-11(2)6-12(15)8-13/h6-8,14,16-17H,3-5,9-10H2,1-2H3. The molecule has 2 N–H and O–H groups in total. The number of halogens is 1. The van der Waals surface area contributed by atoms with Crippen LogP contribution in [0.2, 0.25) is 0 Å². The first-order chi connectivity index (χ1) is 9.11. The molecule has 0 heterocycles. The van der Waals surface area contributed by atoms with E-state index in [9.17, 15) is 9.50 Å². The number of aliphatic hydroxyl groups excluding tert-OH is 1. The van der Waals surface area contributed by atoms with Gasteiger partial charge in [-0.2, -0.15) is 0 Å². The molecule has 5 heteroatoms. The third-order valence-corrected chi connectivity index (χ3v) is 2.47. The van der Waals surface area contributed by atoms with Crippen LogP contribution in [0.5, 0.6) is 0 Å². The molecule has 0 saturated heterocycles. The Bertz CT molecular complexity index is 353. The summed E-state index contributed by atoms with van der Waals surface area (Å²) < 4.78 is 23.5. The molecule has 1 atom stereocenters. The normalized spacial score (nSPS) is 12.4. The average Bonchev–Trinajstić information content (AvgIpc) is 2.35. The zero-order valence-electron chi connectivity index (χ0n) is 11.5. The van der Waals surface area contributed by atoms with Gasteiger partial charge in [0.25, 0.3) is 0 Å². The number of rotatable bonds is 9. The Labute approximate surface area is 113 Å². The Balaban J connectivity index is 2.20. The lowest BCUT2D eigenvalue weighted by atomic mass is 10.2. The van der Waals surface area contributed by atoms with Crippen molar-refractivity contribution in [3.63, 3.8) is 0 Å². The summed E-state index contributed by atoms with van der Waals surface area (Å²) in [5.41, 5.74) is 1.50. The monoisotopic (exact) mass is 271 g/mol. The lowest BCUT2D eigenvalue weighted by molar-refractivity contribution is 0.0103. The highest BCUT2D eigenvalue weighted by molar-refractivity contribution is 5.46. The van der Waals surface area contributed by atoms with Crippen LogP contribution in [0.3, 0.4) is 0 Å². The third-order valence-electron chi connectivity index (χ3n) is 2.47. The van der Waals surface area contributed by atoms with Gasteiger partial charge in [-0.15, -0.1) is 0 Å². The second-order valence-electron chi connectivity index (χ2n) is 4.32. The molecule has 4 nitrogen and oxygen atoms in total. The summed E-state index contributed by atoms with van der Waals surface area (Å²) in [7, 11) is 0. The molecule has 0 bridgehead atoms. The molecule has 0 fully saturated rings. The summed E-state index contributed by atoms with van der Waals surface area (Å²) in [6.07, 6.45) is -0.634. The minimum atomic E-state index is -0.634. The van der Waals surface area contributed by atoms with Crippen LogP contribution in [0, 0.1) is 12.7 Å². The summed E-state index contributed by atoms with van der Waals surface area (Å²) >= 11 is 0. The highest BCUT2D eigenvalue weighted by atomic mass is 19.1. The van der Waals surface area contributed by atoms with Crippen LogP contribution >= 0.6 is 0 Å². The van der Waals surface area contributed by atoms with Gasteiger partial charge in [0.05, 0.1) is 25.9 Å². The second-order valence-corrected chi connectivity index (χ2v) is 4.32. The van der Waals surface area contributed by atoms with Crippen LogP contribution in [0.25, 0.3) is 0 Å². The maximum Gasteiger partial charge on any atom is 0.125 e. The fourth-order valence-electron chi connectivity index (χ4n) is 1.61. The van der Waals surface area contributed by atoms with E-state index in [-0.39, 0.29) is 12.4 Å². The second kappa shape index (κ2) is 8.85. The van der Waals surface area contributed by atoms with Gasteiger partial charge in [0, 0.05) is 18.8 Å². The van der Waals surface area contributed by atoms with Gasteiger partial charge in [-0.1, -0.05) is 0 Å². The topological polar surface area (TPSA) is 50.7 Å². The van der Waals surface area contributed by atoms with Crippen molar-refractivity contribution in [1.82, 2.24) is 0 Å². The molecule has 108 valence electrons. The molecule has 1 rings (SSSR count). The minimum Gasteiger partial charge on any atom is -0.389 e. The maximum absolute atomic E-state index is 13.1. The average molecular weight is 271 g/mol. The fraction of sp³-hybridized carbons (Fsp3) is 0.571. The van der Waals surface area contributed by atoms with Crippen molar-refractivity contribution in [2.24, 2.45) is 0 Å². The number of benzene rings is 1. The highest BCUT2D eigenvalue weighted by Gasteiger charge is 2.05. The van der Waals surface area contributed by atoms with E-state index < -0.39 is 6.10 Å². The van der Waals surface area contributed by atoms with Crippen LogP contribution in [-0.2, 0) is 9.47 Å². The minimum absolute atomic E-state index is 0.231. The van der Waals surface area contributed by atoms with Crippen LogP contribution in [0.4, 0.5) is 10.1 Å². The lowest BCUT2D eigenvalue weighted by Crippen LogP contribution is -2.25. The van der Waals surface area contributed by atoms with E-state index in [1.807, 2.05) is 19.9 Å². The first-order valence-electron chi connectivity index (χ1n) is 6.46. The van der Waals surface area contributed by atoms with Gasteiger partial charge in [-0.05, 0) is 37.6 Å². The molecule has 0 aliphatic rings. The zero-order chi connectivity index (χ0) is 14.1. The number of ether oxygens (including phenoxy) is 2. The van der Waals surface area contributed by atoms with Crippen LogP contribution in [0.15, 0.2) is 18.2 Å². The van der Waals surface area contributed by atoms with Crippen molar-refractivity contribution in [2.75, 3.05) is 38.3 Å². The van der Waals surface area contributed by atoms with Gasteiger partial charge < -0.3 is 19.9 Å². The third kappa shape index (κ3) is 7.10. The lowest BCUT2D eigenvalue weighted by Gasteiger charge is -2.13. The summed E-state index contributed by atoms with van der Waals surface area (Å²) in [4.78, 5) is 0. The van der Waals surface area contributed by atoms with Crippen LogP contribution in [0.1, 0.15) is 12.5 Å². The number of hydrogen-bond donors (Lipinski definition) is 2. The molecule has 0 amide bonds. The van der Waals surface area contributed by atoms with Crippen molar-refractivity contribution in [1.29, 1.82) is 0 Å². The van der Waals surface area contributed by atoms with E-state index in [0.717, 1.165) is 5.56 Å². The van der Waals surface area contributed by atoms with Gasteiger partial charge in [0.2, 0.25) is 0 Å². The van der Waals surface area contributed by atoms with Gasteiger partial charge in [-0.25, -0.2) is 4.39 Å². The number of nitrogens with one attached hydrogen (secondary N) is 1. The molecule has 1 aromatic carbocycles. The van der Waals surface area contributed by atoms with E-state index in [2.05, 4.69) is 5.32 Å². The summed E-state index contributed by atoms with van der Waals surface area (Å²) in [6.45, 7) is 5.93. The van der Waals surface area contributed by atoms with E-state index in [4.69, 9.17) is 9.47 Å². The highest BCUT2D eigenvalue weighted by Crippen LogP contribution is 2.13. The number of hydrogen-bond acceptors (Lipinski definition) is 4. The molecule has 1 unspecified atom stereocenters. The predicted octanol–water partition coefficient (Wildman–Crippen LogP) is 1.96. The van der Waals surface area contributed by atoms with Gasteiger partial charge >= 0.3 is 0 Å². The van der Waals surface area contributed by atoms with Crippen molar-refractivity contribution < 1.29 is 19.0 Å². The molecule has 0 saturated carbocycles. The van der Waals surface area contributed by atoms with Crippen molar-refractivity contribution in [2.45, 2.75) is 20.0 Å². The predicted molar refractivity (Wildman–Crippen MR) is 72.9 cm³/mol. The maximum atomic E-state index is 13.1. The number of aliphatic hydroxyl groups is 1. The summed E-state index contributed by atoms with van der Waals surface area (Å²) in [6, 6.07) is 4.68. The van der Waals surface area contributed by atoms with E-state index in [1.54, 1.807) is 0 Å². The molecular weight excluding hydrogens is 249 g/mol. The Kier molecular flexibility index (Phi) is 7.40. The van der Waals surface area contributed by atoms with E-state index in [1.165, 1.54) is 12.1 Å². The van der Waals surface area contributed by atoms with Crippen LogP contribution in [-0.4, -0.2) is 44.2 Å². The molecule has 0 spiro atoms. The quantitative estimate of drug-likeness (QED) is 0.674. The van der Waals surface area contributed by atoms with E-state index >= 15 is 0 Å². The van der Waals surface area contributed by atoms with Crippen LogP contribution < -0.4 is 5.32 Å². The SMILES string of the molecule is CCOCCOCC(O)CNc1cc(C)cc(F)c1. The molecular formula is C14H22FNO3. The van der Waals surface area contributed by atoms with Crippen molar-refractivity contribution in [3.8, 4) is 0 Å². The molecule has 0 aliphatic heterocycles. The molecule has 0 aliphatic carbocycles. The van der Waals surface area contributed by atoms with Gasteiger partial charge in [0.15, 0.2) is 0 Å². The van der Waals surface area contributed by atoms with Crippen molar-refractivity contribution in [3.05, 3.63) is 29.6 Å². The Morgan fingerprint density at radius 3 is 2.68 bits per heavy atom. The van der Waals surface area contributed by atoms with Crippen molar-refractivity contribution >= 4 is 5.69 Å². The Morgan fingerprint density at radius 1 is 1.26 bits per heavy atom. The Hall–Kier alpha value is -1.17. The Morgan fingerprint density at radius 2 is 2.00 bits per heavy atom. The molecule has 0 aromatic heterocycles. The number of anilines is 1. The number of aryl methyl sites for hydroxylation is 1. The fourth-order valence-corrected chi connectivity index (χ4v) is 1.61.